The van der Waals surface area contributed by atoms with Gasteiger partial charge in [0.05, 0.1) is 0 Å². The predicted octanol–water partition coefficient (Wildman–Crippen LogP) is 3.38. The smallest absolute Gasteiger partial charge is 0.150 e. The van der Waals surface area contributed by atoms with Crippen LogP contribution in [0.25, 0.3) is 11.1 Å². The fraction of sp³-hybridized carbons (Fsp3) is 0.250. The van der Waals surface area contributed by atoms with Crippen molar-refractivity contribution in [2.45, 2.75) is 12.8 Å². The third-order valence-electron chi connectivity index (χ3n) is 3.39. The van der Waals surface area contributed by atoms with Crippen LogP contribution in [-0.4, -0.2) is 17.8 Å². The van der Waals surface area contributed by atoms with Gasteiger partial charge in [-0.1, -0.05) is 18.2 Å². The van der Waals surface area contributed by atoms with Gasteiger partial charge in [0.25, 0.3) is 0 Å². The predicted molar refractivity (Wildman–Crippen MR) is 76.3 cm³/mol. The lowest BCUT2D eigenvalue weighted by Crippen LogP contribution is -2.04. The quantitative estimate of drug-likeness (QED) is 0.829. The van der Waals surface area contributed by atoms with Crippen molar-refractivity contribution in [3.05, 3.63) is 48.2 Å². The van der Waals surface area contributed by atoms with Crippen molar-refractivity contribution in [1.29, 1.82) is 0 Å². The molecular weight excluding hydrogens is 236 g/mol. The van der Waals surface area contributed by atoms with E-state index in [0.29, 0.717) is 5.56 Å². The van der Waals surface area contributed by atoms with Gasteiger partial charge in [-0.3, -0.25) is 4.79 Å². The SMILES string of the molecule is O=Cc1cccc(-c2ccc(NCC3CC3)nc2)c1. The number of rotatable bonds is 5. The zero-order valence-electron chi connectivity index (χ0n) is 10.7. The summed E-state index contributed by atoms with van der Waals surface area (Å²) in [6.45, 7) is 1.02. The van der Waals surface area contributed by atoms with E-state index >= 15 is 0 Å². The summed E-state index contributed by atoms with van der Waals surface area (Å²) < 4.78 is 0. The number of pyridine rings is 1. The van der Waals surface area contributed by atoms with Crippen LogP contribution in [0.5, 0.6) is 0 Å². The Bertz CT molecular complexity index is 574. The van der Waals surface area contributed by atoms with Crippen molar-refractivity contribution in [1.82, 2.24) is 4.98 Å². The Morgan fingerprint density at radius 2 is 2.11 bits per heavy atom. The Morgan fingerprint density at radius 3 is 2.79 bits per heavy atom. The molecule has 2 aromatic rings. The average Bonchev–Trinajstić information content (AvgIpc) is 3.30. The number of benzene rings is 1. The molecule has 1 aromatic carbocycles. The van der Waals surface area contributed by atoms with Gasteiger partial charge in [-0.05, 0) is 42.5 Å². The van der Waals surface area contributed by atoms with Crippen molar-refractivity contribution in [2.75, 3.05) is 11.9 Å². The summed E-state index contributed by atoms with van der Waals surface area (Å²) in [5.74, 6) is 1.76. The molecule has 19 heavy (non-hydrogen) atoms. The monoisotopic (exact) mass is 252 g/mol. The number of nitrogens with one attached hydrogen (secondary N) is 1. The minimum absolute atomic E-state index is 0.688. The van der Waals surface area contributed by atoms with Gasteiger partial charge in [-0.25, -0.2) is 4.98 Å². The van der Waals surface area contributed by atoms with E-state index in [1.807, 2.05) is 36.5 Å². The Balaban J connectivity index is 1.74. The van der Waals surface area contributed by atoms with E-state index in [1.54, 1.807) is 6.07 Å². The van der Waals surface area contributed by atoms with Gasteiger partial charge in [0.1, 0.15) is 12.1 Å². The number of anilines is 1. The molecule has 3 heteroatoms. The van der Waals surface area contributed by atoms with E-state index in [-0.39, 0.29) is 0 Å². The van der Waals surface area contributed by atoms with Crippen molar-refractivity contribution in [3.8, 4) is 11.1 Å². The van der Waals surface area contributed by atoms with Crippen LogP contribution < -0.4 is 5.32 Å². The summed E-state index contributed by atoms with van der Waals surface area (Å²) in [4.78, 5) is 15.2. The first-order chi connectivity index (χ1) is 9.35. The van der Waals surface area contributed by atoms with Crippen LogP contribution in [0, 0.1) is 5.92 Å². The van der Waals surface area contributed by atoms with E-state index in [1.165, 1.54) is 12.8 Å². The summed E-state index contributed by atoms with van der Waals surface area (Å²) >= 11 is 0. The molecule has 3 rings (SSSR count). The largest absolute Gasteiger partial charge is 0.370 e. The van der Waals surface area contributed by atoms with E-state index in [0.717, 1.165) is 35.7 Å². The Kier molecular flexibility index (Phi) is 3.27. The highest BCUT2D eigenvalue weighted by Crippen LogP contribution is 2.29. The average molecular weight is 252 g/mol. The third kappa shape index (κ3) is 2.99. The Hall–Kier alpha value is -2.16. The fourth-order valence-electron chi connectivity index (χ4n) is 2.03. The van der Waals surface area contributed by atoms with Crippen LogP contribution in [0.15, 0.2) is 42.6 Å². The summed E-state index contributed by atoms with van der Waals surface area (Å²) in [5, 5.41) is 3.34. The lowest BCUT2D eigenvalue weighted by Gasteiger charge is -2.06. The zero-order valence-corrected chi connectivity index (χ0v) is 10.7. The van der Waals surface area contributed by atoms with Crippen LogP contribution in [0.1, 0.15) is 23.2 Å². The molecule has 3 nitrogen and oxygen atoms in total. The molecule has 0 aliphatic heterocycles. The molecule has 1 N–H and O–H groups in total. The zero-order chi connectivity index (χ0) is 13.1. The summed E-state index contributed by atoms with van der Waals surface area (Å²) in [5.41, 5.74) is 2.74. The summed E-state index contributed by atoms with van der Waals surface area (Å²) in [6.07, 6.45) is 5.38. The van der Waals surface area contributed by atoms with E-state index in [9.17, 15) is 4.79 Å². The van der Waals surface area contributed by atoms with Gasteiger partial charge in [-0.2, -0.15) is 0 Å². The molecule has 1 aromatic heterocycles. The van der Waals surface area contributed by atoms with Crippen LogP contribution >= 0.6 is 0 Å². The third-order valence-corrected chi connectivity index (χ3v) is 3.39. The van der Waals surface area contributed by atoms with E-state index < -0.39 is 0 Å². The molecule has 0 atom stereocenters. The molecule has 1 saturated carbocycles. The number of carbonyl (C=O) groups excluding carboxylic acids is 1. The number of aromatic nitrogens is 1. The van der Waals surface area contributed by atoms with Crippen LogP contribution in [-0.2, 0) is 0 Å². The number of nitrogens with zero attached hydrogens (tertiary/aromatic N) is 1. The number of hydrogen-bond acceptors (Lipinski definition) is 3. The normalized spacial score (nSPS) is 14.1. The lowest BCUT2D eigenvalue weighted by molar-refractivity contribution is 0.112. The standard InChI is InChI=1S/C16H16N2O/c19-11-13-2-1-3-14(8-13)15-6-7-16(18-10-15)17-9-12-4-5-12/h1-3,6-8,10-12H,4-5,9H2,(H,17,18). The van der Waals surface area contributed by atoms with Crippen molar-refractivity contribution < 1.29 is 4.79 Å². The Labute approximate surface area is 112 Å². The van der Waals surface area contributed by atoms with Gasteiger partial charge in [-0.15, -0.1) is 0 Å². The molecule has 1 fully saturated rings. The second kappa shape index (κ2) is 5.22. The first-order valence-electron chi connectivity index (χ1n) is 6.61. The Morgan fingerprint density at radius 1 is 1.21 bits per heavy atom. The molecule has 1 aliphatic rings. The topological polar surface area (TPSA) is 42.0 Å². The second-order valence-corrected chi connectivity index (χ2v) is 5.00. The molecule has 1 aliphatic carbocycles. The highest BCUT2D eigenvalue weighted by molar-refractivity contribution is 5.78. The molecule has 1 heterocycles. The molecule has 0 radical (unpaired) electrons. The molecule has 0 saturated heterocycles. The molecule has 0 spiro atoms. The summed E-state index contributed by atoms with van der Waals surface area (Å²) in [7, 11) is 0. The minimum atomic E-state index is 0.688. The fourth-order valence-corrected chi connectivity index (χ4v) is 2.03. The van der Waals surface area contributed by atoms with Crippen molar-refractivity contribution >= 4 is 12.1 Å². The van der Waals surface area contributed by atoms with Crippen LogP contribution in [0.3, 0.4) is 0 Å². The van der Waals surface area contributed by atoms with E-state index in [2.05, 4.69) is 10.3 Å². The van der Waals surface area contributed by atoms with Gasteiger partial charge in [0.2, 0.25) is 0 Å². The highest BCUT2D eigenvalue weighted by Gasteiger charge is 2.20. The highest BCUT2D eigenvalue weighted by atomic mass is 16.1. The van der Waals surface area contributed by atoms with Crippen LogP contribution in [0.2, 0.25) is 0 Å². The second-order valence-electron chi connectivity index (χ2n) is 5.00. The number of hydrogen-bond donors (Lipinski definition) is 1. The molecule has 96 valence electrons. The maximum absolute atomic E-state index is 10.8. The maximum atomic E-state index is 10.8. The first-order valence-corrected chi connectivity index (χ1v) is 6.61. The van der Waals surface area contributed by atoms with Gasteiger partial charge in [0.15, 0.2) is 0 Å². The van der Waals surface area contributed by atoms with Crippen LogP contribution in [0.4, 0.5) is 5.82 Å². The van der Waals surface area contributed by atoms with E-state index in [4.69, 9.17) is 0 Å². The lowest BCUT2D eigenvalue weighted by atomic mass is 10.1. The molecular formula is C16H16N2O. The maximum Gasteiger partial charge on any atom is 0.150 e. The van der Waals surface area contributed by atoms with Gasteiger partial charge >= 0.3 is 0 Å². The van der Waals surface area contributed by atoms with Gasteiger partial charge in [0, 0.05) is 23.9 Å². The van der Waals surface area contributed by atoms with Crippen molar-refractivity contribution in [2.24, 2.45) is 5.92 Å². The molecule has 0 bridgehead atoms. The first kappa shape index (κ1) is 11.9. The van der Waals surface area contributed by atoms with Gasteiger partial charge < -0.3 is 5.32 Å². The summed E-state index contributed by atoms with van der Waals surface area (Å²) in [6, 6.07) is 11.6. The number of aldehydes is 1. The molecule has 0 unspecified atom stereocenters. The van der Waals surface area contributed by atoms with Crippen molar-refractivity contribution in [3.63, 3.8) is 0 Å². The minimum Gasteiger partial charge on any atom is -0.370 e. The molecule has 0 amide bonds. The number of carbonyl (C=O) groups is 1.